The van der Waals surface area contributed by atoms with Crippen LogP contribution in [0.2, 0.25) is 0 Å². The number of rotatable bonds is 2. The highest BCUT2D eigenvalue weighted by Crippen LogP contribution is 1.86. The minimum absolute atomic E-state index is 0.236. The van der Waals surface area contributed by atoms with E-state index in [0.29, 0.717) is 0 Å². The topological polar surface area (TPSA) is 86.8 Å². The summed E-state index contributed by atoms with van der Waals surface area (Å²) in [6, 6.07) is 0. The van der Waals surface area contributed by atoms with E-state index in [-0.39, 0.29) is 6.17 Å². The molecule has 0 spiro atoms. The first-order valence-electron chi connectivity index (χ1n) is 3.25. The van der Waals surface area contributed by atoms with Gasteiger partial charge in [-0.1, -0.05) is 6.92 Å². The van der Waals surface area contributed by atoms with Crippen LogP contribution in [0, 0.1) is 0 Å². The molecule has 0 fully saturated rings. The summed E-state index contributed by atoms with van der Waals surface area (Å²) in [5.74, 6) is 0. The highest BCUT2D eigenvalue weighted by molar-refractivity contribution is 5.53. The van der Waals surface area contributed by atoms with Gasteiger partial charge < -0.3 is 15.9 Å². The van der Waals surface area contributed by atoms with Gasteiger partial charge in [-0.25, -0.2) is 4.79 Å². The highest BCUT2D eigenvalue weighted by atomic mass is 16.6. The zero-order valence-electron chi connectivity index (χ0n) is 7.11. The van der Waals surface area contributed by atoms with Crippen LogP contribution >= 0.6 is 0 Å². The second-order valence-corrected chi connectivity index (χ2v) is 2.22. The Balaban J connectivity index is 0. The fourth-order valence-corrected chi connectivity index (χ4v) is 0.365. The highest BCUT2D eigenvalue weighted by Gasteiger charge is 1.97. The molecule has 0 radical (unpaired) electrons. The summed E-state index contributed by atoms with van der Waals surface area (Å²) >= 11 is 0. The van der Waals surface area contributed by atoms with E-state index in [0.717, 1.165) is 6.42 Å². The number of nitrogens with zero attached hydrogens (tertiary/aromatic N) is 1. The Hall–Kier alpha value is -0.810. The molecule has 0 saturated heterocycles. The summed E-state index contributed by atoms with van der Waals surface area (Å²) in [5.41, 5.74) is 5.54. The van der Waals surface area contributed by atoms with Gasteiger partial charge in [0.2, 0.25) is 0 Å². The lowest BCUT2D eigenvalue weighted by Crippen LogP contribution is -2.35. The molecular formula is C6H16N2O3. The fourth-order valence-electron chi connectivity index (χ4n) is 0.365. The lowest BCUT2D eigenvalue weighted by Gasteiger charge is -2.16. The minimum Gasteiger partial charge on any atom is -0.450 e. The lowest BCUT2D eigenvalue weighted by atomic mass is 10.4. The Kier molecular flexibility index (Phi) is 8.51. The molecule has 0 bridgehead atoms. The van der Waals surface area contributed by atoms with Crippen molar-refractivity contribution in [1.82, 2.24) is 4.90 Å². The Morgan fingerprint density at radius 1 is 1.55 bits per heavy atom. The molecule has 0 heterocycles. The molecule has 0 saturated carbocycles. The molecule has 1 unspecified atom stereocenters. The normalized spacial score (nSPS) is 11.7. The van der Waals surface area contributed by atoms with Gasteiger partial charge in [-0.15, -0.1) is 0 Å². The van der Waals surface area contributed by atoms with Crippen molar-refractivity contribution in [2.45, 2.75) is 19.5 Å². The second kappa shape index (κ2) is 7.30. The third kappa shape index (κ3) is 17.6. The Labute approximate surface area is 66.4 Å². The number of hydrogen-bond acceptors (Lipinski definition) is 3. The average Bonchev–Trinajstić information content (AvgIpc) is 1.85. The van der Waals surface area contributed by atoms with Crippen LogP contribution in [-0.2, 0) is 0 Å². The molecule has 0 aromatic rings. The van der Waals surface area contributed by atoms with E-state index >= 15 is 0 Å². The van der Waals surface area contributed by atoms with E-state index < -0.39 is 6.16 Å². The van der Waals surface area contributed by atoms with Crippen LogP contribution in [0.15, 0.2) is 0 Å². The van der Waals surface area contributed by atoms with E-state index in [1.54, 1.807) is 0 Å². The van der Waals surface area contributed by atoms with Crippen LogP contribution in [-0.4, -0.2) is 41.5 Å². The van der Waals surface area contributed by atoms with Crippen molar-refractivity contribution in [2.24, 2.45) is 5.73 Å². The first kappa shape index (κ1) is 12.8. The standard InChI is InChI=1S/C5H14N2.CH2O3/c1-4-5(6)7(2)3;2-1(3)4/h5H,4,6H2,1-3H3;(H2,2,3,4). The summed E-state index contributed by atoms with van der Waals surface area (Å²) in [7, 11) is 3.96. The van der Waals surface area contributed by atoms with Crippen molar-refractivity contribution >= 4 is 6.16 Å². The maximum absolute atomic E-state index is 8.56. The maximum Gasteiger partial charge on any atom is 0.503 e. The van der Waals surface area contributed by atoms with E-state index in [1.807, 2.05) is 19.0 Å². The molecule has 11 heavy (non-hydrogen) atoms. The van der Waals surface area contributed by atoms with E-state index in [2.05, 4.69) is 6.92 Å². The molecule has 5 heteroatoms. The molecule has 0 aromatic heterocycles. The van der Waals surface area contributed by atoms with E-state index in [1.165, 1.54) is 0 Å². The van der Waals surface area contributed by atoms with Gasteiger partial charge >= 0.3 is 6.16 Å². The molecule has 4 N–H and O–H groups in total. The first-order valence-corrected chi connectivity index (χ1v) is 3.25. The molecular weight excluding hydrogens is 148 g/mol. The largest absolute Gasteiger partial charge is 0.503 e. The maximum atomic E-state index is 8.56. The predicted octanol–water partition coefficient (Wildman–Crippen LogP) is 0.465. The Bertz CT molecular complexity index is 102. The van der Waals surface area contributed by atoms with Gasteiger partial charge in [0, 0.05) is 0 Å². The van der Waals surface area contributed by atoms with E-state index in [4.69, 9.17) is 20.7 Å². The smallest absolute Gasteiger partial charge is 0.450 e. The van der Waals surface area contributed by atoms with Gasteiger partial charge in [0.15, 0.2) is 0 Å². The van der Waals surface area contributed by atoms with Crippen LogP contribution in [0.4, 0.5) is 4.79 Å². The van der Waals surface area contributed by atoms with Gasteiger partial charge in [0.1, 0.15) is 0 Å². The van der Waals surface area contributed by atoms with Gasteiger partial charge in [0.05, 0.1) is 6.17 Å². The average molecular weight is 164 g/mol. The zero-order chi connectivity index (χ0) is 9.44. The molecule has 0 aromatic carbocycles. The van der Waals surface area contributed by atoms with Gasteiger partial charge in [-0.3, -0.25) is 4.90 Å². The van der Waals surface area contributed by atoms with Crippen molar-refractivity contribution < 1.29 is 15.0 Å². The van der Waals surface area contributed by atoms with E-state index in [9.17, 15) is 0 Å². The molecule has 0 amide bonds. The molecule has 68 valence electrons. The summed E-state index contributed by atoms with van der Waals surface area (Å²) in [4.78, 5) is 10.6. The summed E-state index contributed by atoms with van der Waals surface area (Å²) in [6.45, 7) is 2.07. The monoisotopic (exact) mass is 164 g/mol. The van der Waals surface area contributed by atoms with Crippen LogP contribution in [0.3, 0.4) is 0 Å². The van der Waals surface area contributed by atoms with Gasteiger partial charge in [-0.05, 0) is 20.5 Å². The molecule has 0 aliphatic rings. The van der Waals surface area contributed by atoms with Crippen molar-refractivity contribution in [2.75, 3.05) is 14.1 Å². The number of hydrogen-bond donors (Lipinski definition) is 3. The molecule has 0 aliphatic carbocycles. The fraction of sp³-hybridized carbons (Fsp3) is 0.833. The Morgan fingerprint density at radius 3 is 1.82 bits per heavy atom. The van der Waals surface area contributed by atoms with Crippen LogP contribution in [0.5, 0.6) is 0 Å². The van der Waals surface area contributed by atoms with Gasteiger partial charge in [-0.2, -0.15) is 0 Å². The third-order valence-corrected chi connectivity index (χ3v) is 1.08. The van der Waals surface area contributed by atoms with Crippen molar-refractivity contribution in [3.63, 3.8) is 0 Å². The third-order valence-electron chi connectivity index (χ3n) is 1.08. The molecule has 0 rings (SSSR count). The van der Waals surface area contributed by atoms with Crippen molar-refractivity contribution in [1.29, 1.82) is 0 Å². The van der Waals surface area contributed by atoms with Gasteiger partial charge in [0.25, 0.3) is 0 Å². The SMILES string of the molecule is CCC(N)N(C)C.O=C(O)O. The molecule has 0 aliphatic heterocycles. The van der Waals surface area contributed by atoms with Crippen LogP contribution < -0.4 is 5.73 Å². The summed E-state index contributed by atoms with van der Waals surface area (Å²) < 4.78 is 0. The predicted molar refractivity (Wildman–Crippen MR) is 42.6 cm³/mol. The summed E-state index contributed by atoms with van der Waals surface area (Å²) in [6.07, 6.45) is -0.576. The van der Waals surface area contributed by atoms with Crippen LogP contribution in [0.25, 0.3) is 0 Å². The second-order valence-electron chi connectivity index (χ2n) is 2.22. The molecule has 5 nitrogen and oxygen atoms in total. The van der Waals surface area contributed by atoms with Crippen molar-refractivity contribution in [3.8, 4) is 0 Å². The molecule has 1 atom stereocenters. The summed E-state index contributed by atoms with van der Waals surface area (Å²) in [5, 5.41) is 13.9. The number of carboxylic acid groups (broad SMARTS) is 2. The minimum atomic E-state index is -1.83. The van der Waals surface area contributed by atoms with Crippen LogP contribution in [0.1, 0.15) is 13.3 Å². The first-order chi connectivity index (χ1) is 4.91. The number of carbonyl (C=O) groups is 1. The number of nitrogens with two attached hydrogens (primary N) is 1. The zero-order valence-corrected chi connectivity index (χ0v) is 7.11. The Morgan fingerprint density at radius 2 is 1.82 bits per heavy atom. The quantitative estimate of drug-likeness (QED) is 0.516. The van der Waals surface area contributed by atoms with Crippen molar-refractivity contribution in [3.05, 3.63) is 0 Å². The lowest BCUT2D eigenvalue weighted by molar-refractivity contribution is 0.137.